The van der Waals surface area contributed by atoms with Crippen molar-refractivity contribution in [1.82, 2.24) is 9.99 Å². The lowest BCUT2D eigenvalue weighted by atomic mass is 10.3. The molecular formula is C11H14N4S. The Labute approximate surface area is 99.4 Å². The molecule has 0 amide bonds. The topological polar surface area (TPSA) is 55.0 Å². The minimum atomic E-state index is 0.564. The summed E-state index contributed by atoms with van der Waals surface area (Å²) >= 11 is 5.13. The van der Waals surface area contributed by atoms with E-state index in [0.717, 1.165) is 5.52 Å². The third kappa shape index (κ3) is 2.32. The molecule has 0 atom stereocenters. The Bertz CT molecular complexity index is 491. The number of fused-ring (bicyclic) bond motifs is 1. The first-order valence-electron chi connectivity index (χ1n) is 5.12. The van der Waals surface area contributed by atoms with Gasteiger partial charge in [-0.15, -0.1) is 0 Å². The van der Waals surface area contributed by atoms with Gasteiger partial charge in [-0.05, 0) is 24.4 Å². The highest BCUT2D eigenvalue weighted by Crippen LogP contribution is 2.13. The minimum absolute atomic E-state index is 0.564. The van der Waals surface area contributed by atoms with E-state index in [0.29, 0.717) is 18.2 Å². The number of nitrogens with two attached hydrogens (primary N) is 1. The molecule has 0 aliphatic heterocycles. The number of aromatic nitrogens is 1. The Morgan fingerprint density at radius 2 is 2.12 bits per heavy atom. The van der Waals surface area contributed by atoms with E-state index in [4.69, 9.17) is 18.0 Å². The van der Waals surface area contributed by atoms with Gasteiger partial charge in [-0.25, -0.2) is 0 Å². The first-order chi connectivity index (χ1) is 7.81. The summed E-state index contributed by atoms with van der Waals surface area (Å²) in [5, 5.41) is 4.76. The number of thiocarbonyl (C=S) groups is 1. The fourth-order valence-corrected chi connectivity index (χ4v) is 1.72. The van der Waals surface area contributed by atoms with E-state index in [2.05, 4.69) is 16.8 Å². The molecule has 0 saturated carbocycles. The van der Waals surface area contributed by atoms with E-state index in [9.17, 15) is 0 Å². The van der Waals surface area contributed by atoms with Crippen LogP contribution in [0.1, 0.15) is 0 Å². The summed E-state index contributed by atoms with van der Waals surface area (Å²) in [6.45, 7) is 1.24. The zero-order valence-corrected chi connectivity index (χ0v) is 9.63. The molecule has 4 N–H and O–H groups in total. The zero-order valence-electron chi connectivity index (χ0n) is 8.81. The van der Waals surface area contributed by atoms with Gasteiger partial charge in [-0.3, -0.25) is 10.1 Å². The molecule has 2 aromatic rings. The SMILES string of the molecule is NCCNC(=S)Nn1ccc2ccccc21. The lowest BCUT2D eigenvalue weighted by molar-refractivity contribution is 0.867. The van der Waals surface area contributed by atoms with Crippen molar-refractivity contribution in [3.63, 3.8) is 0 Å². The number of para-hydroxylation sites is 1. The van der Waals surface area contributed by atoms with Crippen molar-refractivity contribution in [3.8, 4) is 0 Å². The molecule has 84 valence electrons. The van der Waals surface area contributed by atoms with Gasteiger partial charge in [0.05, 0.1) is 5.52 Å². The number of hydrogen-bond donors (Lipinski definition) is 3. The van der Waals surface area contributed by atoms with Crippen molar-refractivity contribution in [1.29, 1.82) is 0 Å². The maximum atomic E-state index is 5.38. The van der Waals surface area contributed by atoms with Crippen molar-refractivity contribution in [2.75, 3.05) is 18.5 Å². The largest absolute Gasteiger partial charge is 0.360 e. The maximum Gasteiger partial charge on any atom is 0.185 e. The van der Waals surface area contributed by atoms with Gasteiger partial charge in [0, 0.05) is 24.7 Å². The molecule has 0 spiro atoms. The molecule has 1 aromatic carbocycles. The van der Waals surface area contributed by atoms with Gasteiger partial charge < -0.3 is 11.1 Å². The van der Waals surface area contributed by atoms with E-state index in [1.165, 1.54) is 5.39 Å². The average molecular weight is 234 g/mol. The van der Waals surface area contributed by atoms with Gasteiger partial charge in [-0.1, -0.05) is 18.2 Å². The average Bonchev–Trinajstić information content (AvgIpc) is 2.70. The van der Waals surface area contributed by atoms with Crippen molar-refractivity contribution in [2.24, 2.45) is 5.73 Å². The van der Waals surface area contributed by atoms with Crippen LogP contribution in [0, 0.1) is 0 Å². The van der Waals surface area contributed by atoms with Crippen LogP contribution >= 0.6 is 12.2 Å². The van der Waals surface area contributed by atoms with Gasteiger partial charge in [0.2, 0.25) is 0 Å². The molecule has 0 bridgehead atoms. The van der Waals surface area contributed by atoms with Gasteiger partial charge >= 0.3 is 0 Å². The van der Waals surface area contributed by atoms with Crippen LogP contribution in [-0.4, -0.2) is 22.9 Å². The van der Waals surface area contributed by atoms with Crippen molar-refractivity contribution < 1.29 is 0 Å². The van der Waals surface area contributed by atoms with Crippen LogP contribution in [0.2, 0.25) is 0 Å². The molecule has 0 fully saturated rings. The second-order valence-electron chi connectivity index (χ2n) is 3.40. The van der Waals surface area contributed by atoms with Crippen molar-refractivity contribution in [2.45, 2.75) is 0 Å². The van der Waals surface area contributed by atoms with Crippen LogP contribution < -0.4 is 16.5 Å². The molecule has 1 aromatic heterocycles. The van der Waals surface area contributed by atoms with E-state index < -0.39 is 0 Å². The number of nitrogens with one attached hydrogen (secondary N) is 2. The summed E-state index contributed by atoms with van der Waals surface area (Å²) in [4.78, 5) is 0. The van der Waals surface area contributed by atoms with Gasteiger partial charge in [0.15, 0.2) is 5.11 Å². The standard InChI is InChI=1S/C11H14N4S/c12-6-7-13-11(16)14-15-8-5-9-3-1-2-4-10(9)15/h1-5,8H,6-7,12H2,(H2,13,14,16). The van der Waals surface area contributed by atoms with Crippen LogP contribution in [0.15, 0.2) is 36.5 Å². The van der Waals surface area contributed by atoms with Gasteiger partial charge in [-0.2, -0.15) is 0 Å². The molecule has 0 aliphatic carbocycles. The summed E-state index contributed by atoms with van der Waals surface area (Å²) in [7, 11) is 0. The first-order valence-corrected chi connectivity index (χ1v) is 5.53. The smallest absolute Gasteiger partial charge is 0.185 e. The monoisotopic (exact) mass is 234 g/mol. The van der Waals surface area contributed by atoms with Crippen LogP contribution in [0.25, 0.3) is 10.9 Å². The molecule has 0 aliphatic rings. The number of nitrogens with zero attached hydrogens (tertiary/aromatic N) is 1. The molecular weight excluding hydrogens is 220 g/mol. The Morgan fingerprint density at radius 1 is 1.31 bits per heavy atom. The maximum absolute atomic E-state index is 5.38. The minimum Gasteiger partial charge on any atom is -0.360 e. The predicted molar refractivity (Wildman–Crippen MR) is 71.0 cm³/mol. The molecule has 5 heteroatoms. The molecule has 2 rings (SSSR count). The molecule has 1 heterocycles. The lowest BCUT2D eigenvalue weighted by Gasteiger charge is -2.11. The second kappa shape index (κ2) is 4.96. The van der Waals surface area contributed by atoms with E-state index in [-0.39, 0.29) is 0 Å². The molecule has 0 unspecified atom stereocenters. The van der Waals surface area contributed by atoms with E-state index >= 15 is 0 Å². The fourth-order valence-electron chi connectivity index (χ4n) is 1.52. The number of rotatable bonds is 3. The molecule has 0 saturated heterocycles. The van der Waals surface area contributed by atoms with Crippen LogP contribution in [-0.2, 0) is 0 Å². The number of benzene rings is 1. The zero-order chi connectivity index (χ0) is 11.4. The normalized spacial score (nSPS) is 10.3. The van der Waals surface area contributed by atoms with Crippen LogP contribution in [0.4, 0.5) is 0 Å². The Balaban J connectivity index is 2.12. The van der Waals surface area contributed by atoms with Crippen LogP contribution in [0.3, 0.4) is 0 Å². The summed E-state index contributed by atoms with van der Waals surface area (Å²) in [5.74, 6) is 0. The highest BCUT2D eigenvalue weighted by atomic mass is 32.1. The Kier molecular flexibility index (Phi) is 3.38. The van der Waals surface area contributed by atoms with Gasteiger partial charge in [0.1, 0.15) is 0 Å². The third-order valence-electron chi connectivity index (χ3n) is 2.25. The Hall–Kier alpha value is -1.59. The lowest BCUT2D eigenvalue weighted by Crippen LogP contribution is -2.36. The molecule has 0 radical (unpaired) electrons. The highest BCUT2D eigenvalue weighted by molar-refractivity contribution is 7.80. The predicted octanol–water partition coefficient (Wildman–Crippen LogP) is 1.02. The van der Waals surface area contributed by atoms with Gasteiger partial charge in [0.25, 0.3) is 0 Å². The molecule has 4 nitrogen and oxygen atoms in total. The highest BCUT2D eigenvalue weighted by Gasteiger charge is 2.00. The summed E-state index contributed by atoms with van der Waals surface area (Å²) in [6, 6.07) is 10.1. The second-order valence-corrected chi connectivity index (χ2v) is 3.81. The third-order valence-corrected chi connectivity index (χ3v) is 2.49. The number of hydrogen-bond acceptors (Lipinski definition) is 2. The summed E-state index contributed by atoms with van der Waals surface area (Å²) in [5.41, 5.74) is 9.56. The van der Waals surface area contributed by atoms with E-state index in [1.807, 2.05) is 35.1 Å². The van der Waals surface area contributed by atoms with Crippen LogP contribution in [0.5, 0.6) is 0 Å². The van der Waals surface area contributed by atoms with Crippen molar-refractivity contribution >= 4 is 28.2 Å². The first kappa shape index (κ1) is 10.9. The summed E-state index contributed by atoms with van der Waals surface area (Å²) < 4.78 is 1.89. The quantitative estimate of drug-likeness (QED) is 0.694. The Morgan fingerprint density at radius 3 is 2.94 bits per heavy atom. The molecule has 16 heavy (non-hydrogen) atoms. The fraction of sp³-hybridized carbons (Fsp3) is 0.182. The summed E-state index contributed by atoms with van der Waals surface area (Å²) in [6.07, 6.45) is 1.95. The van der Waals surface area contributed by atoms with E-state index in [1.54, 1.807) is 0 Å². The van der Waals surface area contributed by atoms with Crippen molar-refractivity contribution in [3.05, 3.63) is 36.5 Å².